The molecule has 0 saturated carbocycles. The van der Waals surface area contributed by atoms with E-state index < -0.39 is 14.4 Å². The summed E-state index contributed by atoms with van der Waals surface area (Å²) in [7, 11) is -1.92. The van der Waals surface area contributed by atoms with Crippen molar-refractivity contribution in [1.29, 1.82) is 0 Å². The molecule has 25 heavy (non-hydrogen) atoms. The standard InChI is InChI=1S/C20H40O4Si/c1-10-23-20(22)17(8)11-12-19(21)18(9)13-24-25(14(2)3,15(4)5)16(6)7/h11-12,14-19,21H,10,13H2,1-9H3/b12-11+/t17-,18+,19-/m0/s1. The van der Waals surface area contributed by atoms with Crippen LogP contribution >= 0.6 is 0 Å². The van der Waals surface area contributed by atoms with Gasteiger partial charge in [-0.2, -0.15) is 0 Å². The zero-order valence-electron chi connectivity index (χ0n) is 17.7. The van der Waals surface area contributed by atoms with Crippen molar-refractivity contribution >= 4 is 14.3 Å². The van der Waals surface area contributed by atoms with Crippen LogP contribution in [0, 0.1) is 11.8 Å². The molecule has 0 aromatic heterocycles. The molecule has 148 valence electrons. The molecule has 0 aromatic rings. The number of aliphatic hydroxyl groups is 1. The molecule has 0 bridgehead atoms. The first-order valence-corrected chi connectivity index (χ1v) is 11.8. The largest absolute Gasteiger partial charge is 0.466 e. The summed E-state index contributed by atoms with van der Waals surface area (Å²) in [5.41, 5.74) is 1.57. The first-order valence-electron chi connectivity index (χ1n) is 9.67. The van der Waals surface area contributed by atoms with Crippen LogP contribution in [0.2, 0.25) is 16.6 Å². The number of rotatable bonds is 11. The summed E-state index contributed by atoms with van der Waals surface area (Å²) < 4.78 is 11.5. The Labute approximate surface area is 156 Å². The van der Waals surface area contributed by atoms with Gasteiger partial charge in [0.1, 0.15) is 0 Å². The van der Waals surface area contributed by atoms with Crippen molar-refractivity contribution in [2.45, 2.75) is 85.0 Å². The second-order valence-electron chi connectivity index (χ2n) is 8.02. The van der Waals surface area contributed by atoms with Gasteiger partial charge in [0.2, 0.25) is 0 Å². The summed E-state index contributed by atoms with van der Waals surface area (Å²) in [6, 6.07) is 0. The molecule has 0 fully saturated rings. The monoisotopic (exact) mass is 372 g/mol. The highest BCUT2D eigenvalue weighted by Gasteiger charge is 2.45. The van der Waals surface area contributed by atoms with Crippen molar-refractivity contribution in [2.24, 2.45) is 11.8 Å². The Bertz CT molecular complexity index is 396. The van der Waals surface area contributed by atoms with Gasteiger partial charge in [-0.05, 0) is 30.5 Å². The van der Waals surface area contributed by atoms with E-state index in [0.717, 1.165) is 0 Å². The molecule has 0 rings (SSSR count). The second kappa shape index (κ2) is 11.1. The summed E-state index contributed by atoms with van der Waals surface area (Å²) in [4.78, 5) is 11.6. The number of esters is 1. The topological polar surface area (TPSA) is 55.8 Å². The van der Waals surface area contributed by atoms with Crippen molar-refractivity contribution < 1.29 is 19.1 Å². The molecule has 0 radical (unpaired) electrons. The van der Waals surface area contributed by atoms with E-state index in [1.165, 1.54) is 0 Å². The zero-order valence-corrected chi connectivity index (χ0v) is 18.7. The summed E-state index contributed by atoms with van der Waals surface area (Å²) in [6.45, 7) is 20.0. The van der Waals surface area contributed by atoms with Crippen LogP contribution in [-0.4, -0.2) is 38.7 Å². The fourth-order valence-electron chi connectivity index (χ4n) is 3.70. The molecule has 5 heteroatoms. The lowest BCUT2D eigenvalue weighted by atomic mass is 10.0. The van der Waals surface area contributed by atoms with E-state index in [2.05, 4.69) is 41.5 Å². The molecule has 1 N–H and O–H groups in total. The van der Waals surface area contributed by atoms with Gasteiger partial charge in [-0.15, -0.1) is 0 Å². The van der Waals surface area contributed by atoms with Crippen molar-refractivity contribution in [3.05, 3.63) is 12.2 Å². The van der Waals surface area contributed by atoms with E-state index in [9.17, 15) is 9.90 Å². The Hall–Kier alpha value is -0.653. The first-order chi connectivity index (χ1) is 11.5. The third-order valence-electron chi connectivity index (χ3n) is 5.14. The number of carbonyl (C=O) groups excluding carboxylic acids is 1. The lowest BCUT2D eigenvalue weighted by Crippen LogP contribution is -2.49. The highest BCUT2D eigenvalue weighted by molar-refractivity contribution is 6.77. The first kappa shape index (κ1) is 24.3. The Kier molecular flexibility index (Phi) is 10.9. The van der Waals surface area contributed by atoms with E-state index in [4.69, 9.17) is 9.16 Å². The van der Waals surface area contributed by atoms with E-state index in [0.29, 0.717) is 29.8 Å². The lowest BCUT2D eigenvalue weighted by Gasteiger charge is -2.43. The van der Waals surface area contributed by atoms with Crippen LogP contribution in [0.1, 0.15) is 62.3 Å². The van der Waals surface area contributed by atoms with Gasteiger partial charge in [0.05, 0.1) is 18.6 Å². The van der Waals surface area contributed by atoms with Gasteiger partial charge >= 0.3 is 5.97 Å². The molecule has 4 nitrogen and oxygen atoms in total. The van der Waals surface area contributed by atoms with Gasteiger partial charge in [-0.25, -0.2) is 0 Å². The molecular weight excluding hydrogens is 332 g/mol. The maximum absolute atomic E-state index is 11.6. The second-order valence-corrected chi connectivity index (χ2v) is 13.5. The van der Waals surface area contributed by atoms with Crippen molar-refractivity contribution in [3.63, 3.8) is 0 Å². The number of aliphatic hydroxyl groups excluding tert-OH is 1. The molecule has 0 heterocycles. The van der Waals surface area contributed by atoms with Crippen LogP contribution in [-0.2, 0) is 14.0 Å². The molecule has 0 saturated heterocycles. The molecule has 0 aliphatic rings. The van der Waals surface area contributed by atoms with E-state index in [1.54, 1.807) is 26.0 Å². The van der Waals surface area contributed by atoms with E-state index >= 15 is 0 Å². The predicted molar refractivity (Wildman–Crippen MR) is 107 cm³/mol. The summed E-state index contributed by atoms with van der Waals surface area (Å²) in [5.74, 6) is -0.632. The van der Waals surface area contributed by atoms with Gasteiger partial charge in [0.15, 0.2) is 8.32 Å². The number of carbonyl (C=O) groups is 1. The van der Waals surface area contributed by atoms with Crippen LogP contribution in [0.5, 0.6) is 0 Å². The maximum atomic E-state index is 11.6. The Morgan fingerprint density at radius 2 is 1.44 bits per heavy atom. The van der Waals surface area contributed by atoms with Crippen LogP contribution in [0.15, 0.2) is 12.2 Å². The average molecular weight is 373 g/mol. The third-order valence-corrected chi connectivity index (χ3v) is 11.2. The van der Waals surface area contributed by atoms with E-state index in [-0.39, 0.29) is 17.8 Å². The number of hydrogen-bond donors (Lipinski definition) is 1. The van der Waals surface area contributed by atoms with Gasteiger partial charge < -0.3 is 14.3 Å². The van der Waals surface area contributed by atoms with Gasteiger partial charge in [-0.3, -0.25) is 4.79 Å². The van der Waals surface area contributed by atoms with Crippen LogP contribution in [0.25, 0.3) is 0 Å². The Morgan fingerprint density at radius 3 is 1.84 bits per heavy atom. The Morgan fingerprint density at radius 1 is 0.960 bits per heavy atom. The predicted octanol–water partition coefficient (Wildman–Crippen LogP) is 4.93. The Balaban J connectivity index is 4.85. The highest BCUT2D eigenvalue weighted by atomic mass is 28.4. The minimum absolute atomic E-state index is 0.0197. The van der Waals surface area contributed by atoms with Crippen molar-refractivity contribution in [3.8, 4) is 0 Å². The number of hydrogen-bond acceptors (Lipinski definition) is 4. The van der Waals surface area contributed by atoms with Crippen molar-refractivity contribution in [2.75, 3.05) is 13.2 Å². The smallest absolute Gasteiger partial charge is 0.312 e. The molecule has 0 spiro atoms. The fraction of sp³-hybridized carbons (Fsp3) is 0.850. The summed E-state index contributed by atoms with van der Waals surface area (Å²) in [6.07, 6.45) is 2.78. The van der Waals surface area contributed by atoms with Crippen molar-refractivity contribution in [1.82, 2.24) is 0 Å². The molecule has 0 unspecified atom stereocenters. The molecule has 0 aliphatic heterocycles. The molecule has 3 atom stereocenters. The SMILES string of the molecule is CCOC(=O)[C@@H](C)/C=C/[C@H](O)[C@H](C)CO[Si](C(C)C)(C(C)C)C(C)C. The van der Waals surface area contributed by atoms with Gasteiger partial charge in [0, 0.05) is 12.5 Å². The minimum atomic E-state index is -1.92. The molecule has 0 amide bonds. The summed E-state index contributed by atoms with van der Waals surface area (Å²) in [5, 5.41) is 10.4. The van der Waals surface area contributed by atoms with Crippen LogP contribution in [0.4, 0.5) is 0 Å². The fourth-order valence-corrected chi connectivity index (χ4v) is 9.25. The van der Waals surface area contributed by atoms with Crippen LogP contribution in [0.3, 0.4) is 0 Å². The summed E-state index contributed by atoms with van der Waals surface area (Å²) >= 11 is 0. The highest BCUT2D eigenvalue weighted by Crippen LogP contribution is 2.42. The zero-order chi connectivity index (χ0) is 19.8. The minimum Gasteiger partial charge on any atom is -0.466 e. The van der Waals surface area contributed by atoms with Gasteiger partial charge in [-0.1, -0.05) is 60.6 Å². The third kappa shape index (κ3) is 6.87. The quantitative estimate of drug-likeness (QED) is 0.317. The molecule has 0 aromatic carbocycles. The van der Waals surface area contributed by atoms with Crippen LogP contribution < -0.4 is 0 Å². The van der Waals surface area contributed by atoms with Gasteiger partial charge in [0.25, 0.3) is 0 Å². The normalized spacial score (nSPS) is 16.7. The lowest BCUT2D eigenvalue weighted by molar-refractivity contribution is -0.145. The van der Waals surface area contributed by atoms with E-state index in [1.807, 2.05) is 6.92 Å². The maximum Gasteiger partial charge on any atom is 0.312 e. The molecule has 0 aliphatic carbocycles. The molecular formula is C20H40O4Si. The number of ether oxygens (including phenoxy) is 1. The average Bonchev–Trinajstić information content (AvgIpc) is 2.51.